The summed E-state index contributed by atoms with van der Waals surface area (Å²) in [5, 5.41) is 23.7. The van der Waals surface area contributed by atoms with Gasteiger partial charge in [-0.05, 0) is 25.0 Å². The highest BCUT2D eigenvalue weighted by molar-refractivity contribution is 5.94. The van der Waals surface area contributed by atoms with E-state index < -0.39 is 5.97 Å². The Labute approximate surface area is 117 Å². The van der Waals surface area contributed by atoms with Gasteiger partial charge in [0.25, 0.3) is 0 Å². The summed E-state index contributed by atoms with van der Waals surface area (Å²) in [5.74, 6) is -1.59. The van der Waals surface area contributed by atoms with Crippen LogP contribution in [-0.4, -0.2) is 28.3 Å². The number of carboxylic acids is 1. The van der Waals surface area contributed by atoms with Gasteiger partial charge in [-0.2, -0.15) is 0 Å². The standard InChI is InChI=1S/C14H20N2O4/c1-3-5-9(4-2)15-14(20)16-10-6-7-11(13(18)19)12(17)8-10/h6-9,17H,3-5H2,1-2H3,(H,18,19)(H2,15,16,20). The second kappa shape index (κ2) is 7.37. The molecule has 0 aliphatic rings. The molecule has 1 aromatic rings. The van der Waals surface area contributed by atoms with Gasteiger partial charge in [0.2, 0.25) is 0 Å². The summed E-state index contributed by atoms with van der Waals surface area (Å²) >= 11 is 0. The van der Waals surface area contributed by atoms with E-state index in [0.717, 1.165) is 19.3 Å². The first-order valence-corrected chi connectivity index (χ1v) is 6.61. The molecule has 110 valence electrons. The van der Waals surface area contributed by atoms with E-state index in [1.807, 2.05) is 13.8 Å². The van der Waals surface area contributed by atoms with Crippen molar-refractivity contribution in [2.45, 2.75) is 39.2 Å². The molecule has 20 heavy (non-hydrogen) atoms. The van der Waals surface area contributed by atoms with Crippen molar-refractivity contribution in [2.75, 3.05) is 5.32 Å². The van der Waals surface area contributed by atoms with Gasteiger partial charge in [-0.25, -0.2) is 9.59 Å². The Balaban J connectivity index is 2.66. The summed E-state index contributed by atoms with van der Waals surface area (Å²) in [6, 6.07) is 3.63. The largest absolute Gasteiger partial charge is 0.507 e. The fourth-order valence-electron chi connectivity index (χ4n) is 1.87. The Hall–Kier alpha value is -2.24. The maximum atomic E-state index is 11.8. The Morgan fingerprint density at radius 2 is 2.00 bits per heavy atom. The summed E-state index contributed by atoms with van der Waals surface area (Å²) in [7, 11) is 0. The molecule has 1 rings (SSSR count). The van der Waals surface area contributed by atoms with Gasteiger partial charge in [0.1, 0.15) is 11.3 Å². The van der Waals surface area contributed by atoms with Crippen LogP contribution in [0.2, 0.25) is 0 Å². The Kier molecular flexibility index (Phi) is 5.83. The van der Waals surface area contributed by atoms with Gasteiger partial charge in [-0.1, -0.05) is 20.3 Å². The van der Waals surface area contributed by atoms with E-state index in [1.54, 1.807) is 0 Å². The van der Waals surface area contributed by atoms with E-state index in [1.165, 1.54) is 18.2 Å². The summed E-state index contributed by atoms with van der Waals surface area (Å²) in [6.07, 6.45) is 2.71. The summed E-state index contributed by atoms with van der Waals surface area (Å²) < 4.78 is 0. The number of hydrogen-bond acceptors (Lipinski definition) is 3. The molecular formula is C14H20N2O4. The first-order valence-electron chi connectivity index (χ1n) is 6.61. The van der Waals surface area contributed by atoms with Crippen LogP contribution in [0.5, 0.6) is 5.75 Å². The number of anilines is 1. The fraction of sp³-hybridized carbons (Fsp3) is 0.429. The zero-order chi connectivity index (χ0) is 15.1. The molecule has 0 saturated heterocycles. The van der Waals surface area contributed by atoms with Crippen LogP contribution in [0.4, 0.5) is 10.5 Å². The molecule has 0 radical (unpaired) electrons. The second-order valence-electron chi connectivity index (χ2n) is 4.53. The van der Waals surface area contributed by atoms with Crippen LogP contribution in [0, 0.1) is 0 Å². The molecule has 0 aliphatic carbocycles. The molecule has 0 spiro atoms. The summed E-state index contributed by atoms with van der Waals surface area (Å²) in [6.45, 7) is 4.04. The van der Waals surface area contributed by atoms with Crippen LogP contribution in [0.15, 0.2) is 18.2 Å². The molecule has 6 heteroatoms. The monoisotopic (exact) mass is 280 g/mol. The van der Waals surface area contributed by atoms with Crippen molar-refractivity contribution in [3.8, 4) is 5.75 Å². The third-order valence-electron chi connectivity index (χ3n) is 2.95. The average Bonchev–Trinajstić information content (AvgIpc) is 2.37. The van der Waals surface area contributed by atoms with Crippen molar-refractivity contribution in [1.29, 1.82) is 0 Å². The Morgan fingerprint density at radius 1 is 1.30 bits per heavy atom. The van der Waals surface area contributed by atoms with Crippen molar-refractivity contribution >= 4 is 17.7 Å². The highest BCUT2D eigenvalue weighted by Gasteiger charge is 2.12. The number of carboxylic acid groups (broad SMARTS) is 1. The first kappa shape index (κ1) is 15.8. The lowest BCUT2D eigenvalue weighted by Crippen LogP contribution is -2.37. The van der Waals surface area contributed by atoms with Gasteiger partial charge in [-0.3, -0.25) is 0 Å². The minimum absolute atomic E-state index is 0.104. The molecule has 6 nitrogen and oxygen atoms in total. The highest BCUT2D eigenvalue weighted by atomic mass is 16.4. The van der Waals surface area contributed by atoms with Crippen molar-refractivity contribution in [2.24, 2.45) is 0 Å². The number of aromatic hydroxyl groups is 1. The quantitative estimate of drug-likeness (QED) is 0.644. The van der Waals surface area contributed by atoms with Gasteiger partial charge in [0.15, 0.2) is 0 Å². The molecule has 1 aromatic carbocycles. The predicted octanol–water partition coefficient (Wildman–Crippen LogP) is 2.79. The minimum atomic E-state index is -1.22. The molecule has 2 amide bonds. The topological polar surface area (TPSA) is 98.7 Å². The number of rotatable bonds is 6. The molecule has 1 unspecified atom stereocenters. The van der Waals surface area contributed by atoms with Crippen LogP contribution < -0.4 is 10.6 Å². The van der Waals surface area contributed by atoms with Crippen molar-refractivity contribution in [1.82, 2.24) is 5.32 Å². The molecule has 0 aliphatic heterocycles. The van der Waals surface area contributed by atoms with E-state index in [4.69, 9.17) is 5.11 Å². The number of carbonyl (C=O) groups is 2. The average molecular weight is 280 g/mol. The van der Waals surface area contributed by atoms with Gasteiger partial charge >= 0.3 is 12.0 Å². The number of aromatic carboxylic acids is 1. The summed E-state index contributed by atoms with van der Waals surface area (Å²) in [4.78, 5) is 22.5. The zero-order valence-corrected chi connectivity index (χ0v) is 11.6. The molecule has 0 aromatic heterocycles. The molecule has 1 atom stereocenters. The third-order valence-corrected chi connectivity index (χ3v) is 2.95. The van der Waals surface area contributed by atoms with Crippen molar-refractivity contribution in [3.05, 3.63) is 23.8 Å². The smallest absolute Gasteiger partial charge is 0.339 e. The zero-order valence-electron chi connectivity index (χ0n) is 11.6. The van der Waals surface area contributed by atoms with Gasteiger partial charge in [0.05, 0.1) is 0 Å². The summed E-state index contributed by atoms with van der Waals surface area (Å²) in [5.41, 5.74) is 0.143. The number of urea groups is 1. The van der Waals surface area contributed by atoms with Crippen molar-refractivity contribution < 1.29 is 19.8 Å². The van der Waals surface area contributed by atoms with E-state index in [9.17, 15) is 14.7 Å². The highest BCUT2D eigenvalue weighted by Crippen LogP contribution is 2.21. The van der Waals surface area contributed by atoms with E-state index >= 15 is 0 Å². The number of amides is 2. The molecule has 0 bridgehead atoms. The lowest BCUT2D eigenvalue weighted by atomic mass is 10.1. The van der Waals surface area contributed by atoms with Crippen LogP contribution in [0.1, 0.15) is 43.5 Å². The SMILES string of the molecule is CCCC(CC)NC(=O)Nc1ccc(C(=O)O)c(O)c1. The number of carbonyl (C=O) groups excluding carboxylic acids is 1. The fourth-order valence-corrected chi connectivity index (χ4v) is 1.87. The maximum absolute atomic E-state index is 11.8. The van der Waals surface area contributed by atoms with Crippen LogP contribution >= 0.6 is 0 Å². The van der Waals surface area contributed by atoms with Crippen molar-refractivity contribution in [3.63, 3.8) is 0 Å². The van der Waals surface area contributed by atoms with Crippen LogP contribution in [-0.2, 0) is 0 Å². The number of phenols is 1. The van der Waals surface area contributed by atoms with Gasteiger partial charge in [0, 0.05) is 17.8 Å². The second-order valence-corrected chi connectivity index (χ2v) is 4.53. The molecule has 0 heterocycles. The van der Waals surface area contributed by atoms with Gasteiger partial charge in [-0.15, -0.1) is 0 Å². The van der Waals surface area contributed by atoms with E-state index in [2.05, 4.69) is 10.6 Å². The Morgan fingerprint density at radius 3 is 2.50 bits per heavy atom. The maximum Gasteiger partial charge on any atom is 0.339 e. The van der Waals surface area contributed by atoms with Gasteiger partial charge < -0.3 is 20.8 Å². The molecule has 4 N–H and O–H groups in total. The lowest BCUT2D eigenvalue weighted by molar-refractivity contribution is 0.0694. The van der Waals surface area contributed by atoms with E-state index in [-0.39, 0.29) is 23.4 Å². The lowest BCUT2D eigenvalue weighted by Gasteiger charge is -2.16. The number of nitrogens with one attached hydrogen (secondary N) is 2. The predicted molar refractivity (Wildman–Crippen MR) is 76.2 cm³/mol. The molecule has 0 saturated carbocycles. The molecule has 0 fully saturated rings. The van der Waals surface area contributed by atoms with E-state index in [0.29, 0.717) is 5.69 Å². The Bertz CT molecular complexity index is 488. The van der Waals surface area contributed by atoms with Crippen LogP contribution in [0.3, 0.4) is 0 Å². The number of hydrogen-bond donors (Lipinski definition) is 4. The minimum Gasteiger partial charge on any atom is -0.507 e. The number of benzene rings is 1. The molecular weight excluding hydrogens is 260 g/mol. The van der Waals surface area contributed by atoms with Crippen LogP contribution in [0.25, 0.3) is 0 Å². The first-order chi connectivity index (χ1) is 9.47. The third kappa shape index (κ3) is 4.46. The normalized spacial score (nSPS) is 11.7.